The maximum atomic E-state index is 9.28. The van der Waals surface area contributed by atoms with Crippen molar-refractivity contribution in [1.82, 2.24) is 4.47 Å². The molecule has 1 unspecified atom stereocenters. The van der Waals surface area contributed by atoms with E-state index in [1.165, 1.54) is 0 Å². The van der Waals surface area contributed by atoms with Crippen LogP contribution in [0.4, 0.5) is 0 Å². The Morgan fingerprint density at radius 2 is 2.17 bits per heavy atom. The van der Waals surface area contributed by atoms with Crippen molar-refractivity contribution in [1.29, 1.82) is 0 Å². The molecule has 1 aliphatic rings. The molecule has 0 radical (unpaired) electrons. The van der Waals surface area contributed by atoms with Crippen molar-refractivity contribution in [3.63, 3.8) is 0 Å². The normalized spacial score (nSPS) is 23.7. The third-order valence-electron chi connectivity index (χ3n) is 1.82. The van der Waals surface area contributed by atoms with E-state index in [9.17, 15) is 10.3 Å². The Hall–Kier alpha value is -0.550. The summed E-state index contributed by atoms with van der Waals surface area (Å²) in [6, 6.07) is 7.73. The number of aliphatic hydroxyl groups is 1. The molecule has 0 spiro atoms. The minimum Gasteiger partial charge on any atom is -0.375 e. The van der Waals surface area contributed by atoms with E-state index in [-0.39, 0.29) is 0 Å². The molecule has 0 saturated carbocycles. The van der Waals surface area contributed by atoms with Crippen molar-refractivity contribution in [2.24, 2.45) is 0 Å². The molecule has 0 saturated heterocycles. The molecule has 3 nitrogen and oxygen atoms in total. The van der Waals surface area contributed by atoms with Gasteiger partial charge in [-0.3, -0.25) is 0 Å². The Balaban J connectivity index is 2.34. The second-order valence-electron chi connectivity index (χ2n) is 2.69. The first-order valence-corrected chi connectivity index (χ1v) is 4.47. The predicted octanol–water partition coefficient (Wildman–Crippen LogP) is 1.26. The lowest BCUT2D eigenvalue weighted by atomic mass is 10.1. The van der Waals surface area contributed by atoms with Gasteiger partial charge in [0.1, 0.15) is 6.23 Å². The average molecular weight is 183 g/mol. The minimum atomic E-state index is -0.787. The molecule has 1 aliphatic heterocycles. The maximum absolute atomic E-state index is 9.28. The lowest BCUT2D eigenvalue weighted by molar-refractivity contribution is -0.115. The quantitative estimate of drug-likeness (QED) is 0.594. The molecule has 2 rings (SSSR count). The molecule has 0 aliphatic carbocycles. The van der Waals surface area contributed by atoms with Crippen LogP contribution in [0.5, 0.6) is 0 Å². The average Bonchev–Trinajstić information content (AvgIpc) is 2.07. The Kier molecular flexibility index (Phi) is 2.06. The Morgan fingerprint density at radius 1 is 1.42 bits per heavy atom. The van der Waals surface area contributed by atoms with Gasteiger partial charge in [0.25, 0.3) is 0 Å². The molecule has 0 amide bonds. The van der Waals surface area contributed by atoms with Crippen LogP contribution in [0.1, 0.15) is 5.56 Å². The van der Waals surface area contributed by atoms with Gasteiger partial charge in [0, 0.05) is 11.3 Å². The van der Waals surface area contributed by atoms with Gasteiger partial charge in [-0.2, -0.15) is 0 Å². The van der Waals surface area contributed by atoms with Crippen LogP contribution in [0.3, 0.4) is 0 Å². The third kappa shape index (κ3) is 1.34. The van der Waals surface area contributed by atoms with E-state index < -0.39 is 6.23 Å². The van der Waals surface area contributed by atoms with Crippen LogP contribution in [-0.4, -0.2) is 21.0 Å². The third-order valence-corrected chi connectivity index (χ3v) is 2.85. The second kappa shape index (κ2) is 3.06. The smallest absolute Gasteiger partial charge is 0.145 e. The molecule has 1 atom stereocenters. The van der Waals surface area contributed by atoms with Crippen molar-refractivity contribution in [2.45, 2.75) is 17.5 Å². The fourth-order valence-electron chi connectivity index (χ4n) is 1.20. The van der Waals surface area contributed by atoms with Crippen molar-refractivity contribution in [2.75, 3.05) is 0 Å². The summed E-state index contributed by atoms with van der Waals surface area (Å²) < 4.78 is 0.877. The zero-order valence-corrected chi connectivity index (χ0v) is 7.16. The number of benzene rings is 1. The van der Waals surface area contributed by atoms with E-state index in [4.69, 9.17) is 0 Å². The monoisotopic (exact) mass is 183 g/mol. The van der Waals surface area contributed by atoms with Crippen molar-refractivity contribution < 1.29 is 10.3 Å². The van der Waals surface area contributed by atoms with Crippen LogP contribution in [0, 0.1) is 0 Å². The predicted molar refractivity (Wildman–Crippen MR) is 45.6 cm³/mol. The Bertz CT molecular complexity index is 263. The van der Waals surface area contributed by atoms with E-state index in [0.717, 1.165) is 26.9 Å². The topological polar surface area (TPSA) is 43.7 Å². The molecule has 1 heterocycles. The maximum Gasteiger partial charge on any atom is 0.145 e. The van der Waals surface area contributed by atoms with E-state index in [1.54, 1.807) is 0 Å². The number of nitrogens with zero attached hydrogens (tertiary/aromatic N) is 1. The summed E-state index contributed by atoms with van der Waals surface area (Å²) in [5, 5.41) is 18.5. The molecule has 0 aromatic heterocycles. The standard InChI is InChI=1S/C8H9NO2S/c10-8-5-6-3-1-2-4-7(6)12-9(8)11/h1-4,8,10-11H,5H2. The van der Waals surface area contributed by atoms with Crippen molar-refractivity contribution >= 4 is 11.9 Å². The molecule has 2 N–H and O–H groups in total. The van der Waals surface area contributed by atoms with Gasteiger partial charge in [-0.05, 0) is 23.6 Å². The first kappa shape index (κ1) is 8.07. The highest BCUT2D eigenvalue weighted by Crippen LogP contribution is 2.32. The van der Waals surface area contributed by atoms with Crippen LogP contribution in [0.25, 0.3) is 0 Å². The molecule has 4 heteroatoms. The zero-order chi connectivity index (χ0) is 8.55. The van der Waals surface area contributed by atoms with Crippen LogP contribution in [0.2, 0.25) is 0 Å². The van der Waals surface area contributed by atoms with Gasteiger partial charge in [0.05, 0.1) is 0 Å². The highest BCUT2D eigenvalue weighted by Gasteiger charge is 2.23. The van der Waals surface area contributed by atoms with Crippen molar-refractivity contribution in [3.05, 3.63) is 29.8 Å². The number of rotatable bonds is 0. The lowest BCUT2D eigenvalue weighted by Crippen LogP contribution is -2.31. The molecule has 0 bridgehead atoms. The lowest BCUT2D eigenvalue weighted by Gasteiger charge is -2.26. The minimum absolute atomic E-state index is 0.486. The molecular weight excluding hydrogens is 174 g/mol. The van der Waals surface area contributed by atoms with Gasteiger partial charge < -0.3 is 10.3 Å². The van der Waals surface area contributed by atoms with Gasteiger partial charge in [0.15, 0.2) is 0 Å². The molecule has 12 heavy (non-hydrogen) atoms. The first-order chi connectivity index (χ1) is 5.77. The van der Waals surface area contributed by atoms with Gasteiger partial charge in [-0.1, -0.05) is 18.2 Å². The van der Waals surface area contributed by atoms with Gasteiger partial charge in [-0.15, -0.1) is 4.47 Å². The molecule has 1 aromatic carbocycles. The fraction of sp³-hybridized carbons (Fsp3) is 0.250. The van der Waals surface area contributed by atoms with Crippen LogP contribution >= 0.6 is 11.9 Å². The van der Waals surface area contributed by atoms with Gasteiger partial charge >= 0.3 is 0 Å². The Labute approximate surface area is 74.7 Å². The summed E-state index contributed by atoms with van der Waals surface area (Å²) in [4.78, 5) is 1.00. The summed E-state index contributed by atoms with van der Waals surface area (Å²) in [5.74, 6) is 0. The largest absolute Gasteiger partial charge is 0.375 e. The van der Waals surface area contributed by atoms with Crippen molar-refractivity contribution in [3.8, 4) is 0 Å². The number of hydrogen-bond donors (Lipinski definition) is 2. The molecule has 0 fully saturated rings. The van der Waals surface area contributed by atoms with Gasteiger partial charge in [0.2, 0.25) is 0 Å². The molecule has 64 valence electrons. The second-order valence-corrected chi connectivity index (χ2v) is 3.68. The Morgan fingerprint density at radius 3 is 3.00 bits per heavy atom. The van der Waals surface area contributed by atoms with E-state index >= 15 is 0 Å². The van der Waals surface area contributed by atoms with E-state index in [1.807, 2.05) is 24.3 Å². The molecular formula is C8H9NO2S. The summed E-state index contributed by atoms with van der Waals surface area (Å²) in [6.07, 6.45) is -0.301. The fourth-order valence-corrected chi connectivity index (χ4v) is 2.00. The number of aliphatic hydroxyl groups excluding tert-OH is 1. The van der Waals surface area contributed by atoms with E-state index in [2.05, 4.69) is 0 Å². The summed E-state index contributed by atoms with van der Waals surface area (Å²) >= 11 is 1.16. The van der Waals surface area contributed by atoms with Crippen LogP contribution < -0.4 is 0 Å². The number of fused-ring (bicyclic) bond motifs is 1. The zero-order valence-electron chi connectivity index (χ0n) is 6.34. The van der Waals surface area contributed by atoms with E-state index in [0.29, 0.717) is 6.42 Å². The summed E-state index contributed by atoms with van der Waals surface area (Å²) in [6.45, 7) is 0. The van der Waals surface area contributed by atoms with Crippen LogP contribution in [-0.2, 0) is 6.42 Å². The first-order valence-electron chi connectivity index (χ1n) is 3.69. The SMILES string of the molecule is OC1Cc2ccccc2SN1O. The van der Waals surface area contributed by atoms with Crippen LogP contribution in [0.15, 0.2) is 29.2 Å². The molecule has 1 aromatic rings. The van der Waals surface area contributed by atoms with Gasteiger partial charge in [-0.25, -0.2) is 0 Å². The summed E-state index contributed by atoms with van der Waals surface area (Å²) in [7, 11) is 0. The number of hydrogen-bond acceptors (Lipinski definition) is 4. The highest BCUT2D eigenvalue weighted by molar-refractivity contribution is 7.97. The highest BCUT2D eigenvalue weighted by atomic mass is 32.2. The summed E-state index contributed by atoms with van der Waals surface area (Å²) in [5.41, 5.74) is 1.08. The number of hydroxylamine groups is 1.